The van der Waals surface area contributed by atoms with Gasteiger partial charge in [-0.2, -0.15) is 0 Å². The molecule has 6 rings (SSSR count). The maximum Gasteiger partial charge on any atom is 0.223 e. The van der Waals surface area contributed by atoms with Crippen LogP contribution in [0.4, 0.5) is 10.3 Å². The Labute approximate surface area is 218 Å². The quantitative estimate of drug-likeness (QED) is 0.338. The van der Waals surface area contributed by atoms with E-state index in [0.29, 0.717) is 17.7 Å². The van der Waals surface area contributed by atoms with E-state index in [9.17, 15) is 4.39 Å². The topological polar surface area (TPSA) is 58.3 Å². The molecule has 2 fully saturated rings. The van der Waals surface area contributed by atoms with E-state index in [1.54, 1.807) is 6.20 Å². The number of pyridine rings is 1. The first kappa shape index (κ1) is 24.0. The SMILES string of the molecule is CN1CCC(CC2CCC(Nc3ncc(F)c(-c4cnc5ccc(-c6ccccc6)cn45)n3)CC2)CC1. The largest absolute Gasteiger partial charge is 0.351 e. The molecule has 1 N–H and O–H groups in total. The lowest BCUT2D eigenvalue weighted by Gasteiger charge is -2.34. The average molecular weight is 499 g/mol. The zero-order chi connectivity index (χ0) is 25.2. The summed E-state index contributed by atoms with van der Waals surface area (Å²) in [5.74, 6) is 1.76. The standard InChI is InChI=1S/C30H35FN6/c1-36-15-13-22(14-16-36)17-21-7-10-25(11-8-21)34-30-33-18-26(31)29(35-30)27-19-32-28-12-9-24(20-37(27)28)23-5-3-2-4-6-23/h2-6,9,12,18-22,25H,7-8,10-11,13-17H2,1H3,(H,33,34,35). The molecule has 0 unspecified atom stereocenters. The van der Waals surface area contributed by atoms with E-state index < -0.39 is 5.82 Å². The van der Waals surface area contributed by atoms with Crippen molar-refractivity contribution in [2.24, 2.45) is 11.8 Å². The number of imidazole rings is 1. The first-order valence-corrected chi connectivity index (χ1v) is 13.6. The monoisotopic (exact) mass is 498 g/mol. The Hall–Kier alpha value is -3.32. The maximum absolute atomic E-state index is 15.0. The summed E-state index contributed by atoms with van der Waals surface area (Å²) in [7, 11) is 2.23. The third kappa shape index (κ3) is 5.37. The number of nitrogens with one attached hydrogen (secondary N) is 1. The number of hydrogen-bond donors (Lipinski definition) is 1. The van der Waals surface area contributed by atoms with Gasteiger partial charge in [0.2, 0.25) is 5.95 Å². The summed E-state index contributed by atoms with van der Waals surface area (Å²) < 4.78 is 16.9. The summed E-state index contributed by atoms with van der Waals surface area (Å²) in [5, 5.41) is 3.50. The minimum atomic E-state index is -0.445. The van der Waals surface area contributed by atoms with Gasteiger partial charge in [0.15, 0.2) is 5.82 Å². The van der Waals surface area contributed by atoms with Gasteiger partial charge in [0.25, 0.3) is 0 Å². The summed E-state index contributed by atoms with van der Waals surface area (Å²) in [6.07, 6.45) is 13.7. The number of fused-ring (bicyclic) bond motifs is 1. The van der Waals surface area contributed by atoms with Gasteiger partial charge < -0.3 is 10.2 Å². The molecule has 3 aromatic heterocycles. The number of benzene rings is 1. The van der Waals surface area contributed by atoms with Crippen LogP contribution in [0, 0.1) is 17.7 Å². The van der Waals surface area contributed by atoms with Crippen molar-refractivity contribution < 1.29 is 4.39 Å². The van der Waals surface area contributed by atoms with Gasteiger partial charge in [-0.3, -0.25) is 4.40 Å². The molecule has 4 heterocycles. The van der Waals surface area contributed by atoms with Gasteiger partial charge in [0.1, 0.15) is 11.3 Å². The second-order valence-corrected chi connectivity index (χ2v) is 10.9. The molecule has 1 saturated carbocycles. The first-order valence-electron chi connectivity index (χ1n) is 13.6. The number of rotatable bonds is 6. The maximum atomic E-state index is 15.0. The Morgan fingerprint density at radius 1 is 0.865 bits per heavy atom. The minimum Gasteiger partial charge on any atom is -0.351 e. The zero-order valence-corrected chi connectivity index (χ0v) is 21.5. The highest BCUT2D eigenvalue weighted by Gasteiger charge is 2.26. The molecule has 2 aliphatic rings. The van der Waals surface area contributed by atoms with Gasteiger partial charge in [-0.25, -0.2) is 19.3 Å². The molecule has 37 heavy (non-hydrogen) atoms. The summed E-state index contributed by atoms with van der Waals surface area (Å²) in [5.41, 5.74) is 3.78. The van der Waals surface area contributed by atoms with Crippen LogP contribution in [0.25, 0.3) is 28.2 Å². The van der Waals surface area contributed by atoms with Crippen molar-refractivity contribution in [2.75, 3.05) is 25.5 Å². The Morgan fingerprint density at radius 2 is 1.62 bits per heavy atom. The molecule has 6 nitrogen and oxygen atoms in total. The molecule has 192 valence electrons. The van der Waals surface area contributed by atoms with Crippen LogP contribution in [0.5, 0.6) is 0 Å². The number of likely N-dealkylation sites (tertiary alicyclic amines) is 1. The molecule has 4 aromatic rings. The number of halogens is 1. The van der Waals surface area contributed by atoms with Crippen LogP contribution < -0.4 is 5.32 Å². The van der Waals surface area contributed by atoms with Crippen LogP contribution in [0.15, 0.2) is 61.1 Å². The van der Waals surface area contributed by atoms with Gasteiger partial charge in [-0.1, -0.05) is 30.3 Å². The van der Waals surface area contributed by atoms with Gasteiger partial charge in [0.05, 0.1) is 18.1 Å². The van der Waals surface area contributed by atoms with E-state index in [2.05, 4.69) is 44.3 Å². The second kappa shape index (κ2) is 10.6. The number of nitrogens with zero attached hydrogens (tertiary/aromatic N) is 5. The first-order chi connectivity index (χ1) is 18.1. The third-order valence-corrected chi connectivity index (χ3v) is 8.28. The van der Waals surface area contributed by atoms with Gasteiger partial charge >= 0.3 is 0 Å². The van der Waals surface area contributed by atoms with Crippen molar-refractivity contribution >= 4 is 11.6 Å². The highest BCUT2D eigenvalue weighted by molar-refractivity contribution is 5.68. The highest BCUT2D eigenvalue weighted by Crippen LogP contribution is 2.34. The molecule has 1 saturated heterocycles. The van der Waals surface area contributed by atoms with E-state index in [4.69, 9.17) is 0 Å². The summed E-state index contributed by atoms with van der Waals surface area (Å²) in [6.45, 7) is 2.48. The predicted octanol–water partition coefficient (Wildman–Crippen LogP) is 6.30. The van der Waals surface area contributed by atoms with Crippen LogP contribution in [-0.4, -0.2) is 50.4 Å². The summed E-state index contributed by atoms with van der Waals surface area (Å²) in [4.78, 5) is 15.8. The van der Waals surface area contributed by atoms with E-state index in [-0.39, 0.29) is 5.69 Å². The van der Waals surface area contributed by atoms with Crippen molar-refractivity contribution in [2.45, 2.75) is 51.0 Å². The van der Waals surface area contributed by atoms with Crippen LogP contribution in [0.2, 0.25) is 0 Å². The van der Waals surface area contributed by atoms with E-state index in [0.717, 1.165) is 41.5 Å². The van der Waals surface area contributed by atoms with Gasteiger partial charge in [0, 0.05) is 12.2 Å². The molecule has 0 atom stereocenters. The molecule has 1 aromatic carbocycles. The smallest absolute Gasteiger partial charge is 0.223 e. The van der Waals surface area contributed by atoms with Crippen LogP contribution in [-0.2, 0) is 0 Å². The van der Waals surface area contributed by atoms with E-state index in [1.165, 1.54) is 51.4 Å². The summed E-state index contributed by atoms with van der Waals surface area (Å²) in [6, 6.07) is 14.5. The van der Waals surface area contributed by atoms with E-state index in [1.807, 2.05) is 40.9 Å². The molecule has 7 heteroatoms. The van der Waals surface area contributed by atoms with Crippen LogP contribution in [0.3, 0.4) is 0 Å². The molecule has 1 aliphatic heterocycles. The number of hydrogen-bond acceptors (Lipinski definition) is 5. The van der Waals surface area contributed by atoms with Crippen molar-refractivity contribution in [3.63, 3.8) is 0 Å². The van der Waals surface area contributed by atoms with Crippen molar-refractivity contribution in [3.05, 3.63) is 66.9 Å². The fourth-order valence-corrected chi connectivity index (χ4v) is 6.07. The van der Waals surface area contributed by atoms with Crippen molar-refractivity contribution in [1.29, 1.82) is 0 Å². The Balaban J connectivity index is 1.15. The molecular weight excluding hydrogens is 463 g/mol. The highest BCUT2D eigenvalue weighted by atomic mass is 19.1. The molecule has 0 spiro atoms. The average Bonchev–Trinajstić information content (AvgIpc) is 3.36. The number of anilines is 1. The lowest BCUT2D eigenvalue weighted by molar-refractivity contribution is 0.179. The molecule has 0 amide bonds. The molecule has 0 radical (unpaired) electrons. The Morgan fingerprint density at radius 3 is 2.41 bits per heavy atom. The van der Waals surface area contributed by atoms with Gasteiger partial charge in [-0.15, -0.1) is 0 Å². The fraction of sp³-hybridized carbons (Fsp3) is 0.433. The predicted molar refractivity (Wildman–Crippen MR) is 146 cm³/mol. The Bertz CT molecular complexity index is 1340. The molecule has 0 bridgehead atoms. The normalized spacial score (nSPS) is 21.4. The van der Waals surface area contributed by atoms with E-state index >= 15 is 0 Å². The van der Waals surface area contributed by atoms with Crippen LogP contribution in [0.1, 0.15) is 44.9 Å². The third-order valence-electron chi connectivity index (χ3n) is 8.28. The zero-order valence-electron chi connectivity index (χ0n) is 21.5. The van der Waals surface area contributed by atoms with Crippen molar-refractivity contribution in [1.82, 2.24) is 24.3 Å². The number of aromatic nitrogens is 4. The minimum absolute atomic E-state index is 0.270. The molecule has 1 aliphatic carbocycles. The number of piperidine rings is 1. The lowest BCUT2D eigenvalue weighted by atomic mass is 9.78. The summed E-state index contributed by atoms with van der Waals surface area (Å²) >= 11 is 0. The van der Waals surface area contributed by atoms with Crippen molar-refractivity contribution in [3.8, 4) is 22.5 Å². The fourth-order valence-electron chi connectivity index (χ4n) is 6.07. The second-order valence-electron chi connectivity index (χ2n) is 10.9. The lowest BCUT2D eigenvalue weighted by Crippen LogP contribution is -2.32. The van der Waals surface area contributed by atoms with Crippen LogP contribution >= 0.6 is 0 Å². The Kier molecular flexibility index (Phi) is 6.87. The molecular formula is C30H35FN6. The van der Waals surface area contributed by atoms with Gasteiger partial charge in [-0.05, 0) is 100 Å².